The van der Waals surface area contributed by atoms with E-state index in [-0.39, 0.29) is 19.2 Å². The quantitative estimate of drug-likeness (QED) is 0.623. The topological polar surface area (TPSA) is 81.2 Å². The summed E-state index contributed by atoms with van der Waals surface area (Å²) < 4.78 is 15.7. The zero-order valence-corrected chi connectivity index (χ0v) is 14.0. The lowest BCUT2D eigenvalue weighted by molar-refractivity contribution is -0.119. The van der Waals surface area contributed by atoms with E-state index in [1.165, 1.54) is 0 Å². The molecule has 1 heterocycles. The van der Waals surface area contributed by atoms with Crippen LogP contribution in [0.25, 0.3) is 0 Å². The van der Waals surface area contributed by atoms with E-state index < -0.39 is 0 Å². The van der Waals surface area contributed by atoms with Crippen molar-refractivity contribution >= 4 is 17.3 Å². The lowest BCUT2D eigenvalue weighted by Gasteiger charge is -2.07. The fourth-order valence-corrected chi connectivity index (χ4v) is 2.27. The molecule has 0 radical (unpaired) electrons. The number of carbonyl (C=O) groups excluding carboxylic acids is 1. The molecule has 1 amide bonds. The Morgan fingerprint density at radius 2 is 1.92 bits per heavy atom. The molecule has 0 saturated heterocycles. The van der Waals surface area contributed by atoms with Crippen LogP contribution in [0.1, 0.15) is 12.5 Å². The van der Waals surface area contributed by atoms with Crippen LogP contribution in [0.3, 0.4) is 0 Å². The predicted octanol–water partition coefficient (Wildman–Crippen LogP) is 2.38. The van der Waals surface area contributed by atoms with Crippen LogP contribution in [-0.4, -0.2) is 32.1 Å². The van der Waals surface area contributed by atoms with Crippen molar-refractivity contribution < 1.29 is 19.0 Å². The lowest BCUT2D eigenvalue weighted by atomic mass is 10.1. The van der Waals surface area contributed by atoms with E-state index in [0.717, 1.165) is 17.0 Å². The molecular formula is C18H19N3O4. The number of hydrogen-bond donors (Lipinski definition) is 2. The largest absolute Gasteiger partial charge is 0.497 e. The van der Waals surface area contributed by atoms with E-state index in [1.54, 1.807) is 19.2 Å². The molecule has 0 fully saturated rings. The molecule has 2 N–H and O–H groups in total. The summed E-state index contributed by atoms with van der Waals surface area (Å²) in [7, 11) is 1.61. The molecule has 2 aromatic carbocycles. The number of anilines is 1. The first kappa shape index (κ1) is 16.6. The molecule has 0 saturated carbocycles. The van der Waals surface area contributed by atoms with Gasteiger partial charge in [-0.1, -0.05) is 0 Å². The molecule has 0 atom stereocenters. The number of nitrogens with zero attached hydrogens (tertiary/aromatic N) is 1. The summed E-state index contributed by atoms with van der Waals surface area (Å²) in [6, 6.07) is 12.9. The van der Waals surface area contributed by atoms with Gasteiger partial charge in [-0.3, -0.25) is 4.79 Å². The van der Waals surface area contributed by atoms with Gasteiger partial charge < -0.3 is 19.5 Å². The van der Waals surface area contributed by atoms with Crippen LogP contribution in [0, 0.1) is 0 Å². The molecule has 0 spiro atoms. The summed E-state index contributed by atoms with van der Waals surface area (Å²) in [6.07, 6.45) is 0. The normalized spacial score (nSPS) is 12.6. The summed E-state index contributed by atoms with van der Waals surface area (Å²) in [5, 5.41) is 7.13. The van der Waals surface area contributed by atoms with Crippen molar-refractivity contribution in [1.29, 1.82) is 0 Å². The predicted molar refractivity (Wildman–Crippen MR) is 94.4 cm³/mol. The summed E-state index contributed by atoms with van der Waals surface area (Å²) in [5.41, 5.74) is 4.92. The highest BCUT2D eigenvalue weighted by Crippen LogP contribution is 2.34. The Labute approximate surface area is 145 Å². The standard InChI is InChI=1S/C18H19N3O4/c1-12(13-3-6-15(23-2)7-4-13)20-21-18(22)10-19-14-5-8-16-17(9-14)25-11-24-16/h3-9,19H,10-11H2,1-2H3,(H,21,22)/b20-12-. The van der Waals surface area contributed by atoms with Crippen molar-refractivity contribution in [2.75, 3.05) is 25.8 Å². The maximum Gasteiger partial charge on any atom is 0.259 e. The highest BCUT2D eigenvalue weighted by molar-refractivity contribution is 5.99. The van der Waals surface area contributed by atoms with Crippen molar-refractivity contribution in [3.05, 3.63) is 48.0 Å². The number of ether oxygens (including phenoxy) is 3. The van der Waals surface area contributed by atoms with E-state index in [2.05, 4.69) is 15.8 Å². The molecule has 25 heavy (non-hydrogen) atoms. The summed E-state index contributed by atoms with van der Waals surface area (Å²) in [4.78, 5) is 11.9. The van der Waals surface area contributed by atoms with E-state index in [1.807, 2.05) is 37.3 Å². The van der Waals surface area contributed by atoms with Crippen LogP contribution in [0.2, 0.25) is 0 Å². The molecule has 0 aliphatic carbocycles. The minimum Gasteiger partial charge on any atom is -0.497 e. The van der Waals surface area contributed by atoms with Crippen LogP contribution in [0.5, 0.6) is 17.2 Å². The number of amides is 1. The zero-order chi connectivity index (χ0) is 17.6. The first-order chi connectivity index (χ1) is 12.2. The van der Waals surface area contributed by atoms with E-state index in [0.29, 0.717) is 17.2 Å². The maximum atomic E-state index is 11.9. The Morgan fingerprint density at radius 1 is 1.16 bits per heavy atom. The fraction of sp³-hybridized carbons (Fsp3) is 0.222. The van der Waals surface area contributed by atoms with Gasteiger partial charge in [0, 0.05) is 11.8 Å². The lowest BCUT2D eigenvalue weighted by Crippen LogP contribution is -2.26. The Morgan fingerprint density at radius 3 is 2.68 bits per heavy atom. The van der Waals surface area contributed by atoms with Gasteiger partial charge in [0.2, 0.25) is 6.79 Å². The summed E-state index contributed by atoms with van der Waals surface area (Å²) in [6.45, 7) is 2.14. The van der Waals surface area contributed by atoms with E-state index >= 15 is 0 Å². The molecule has 0 unspecified atom stereocenters. The van der Waals surface area contributed by atoms with Gasteiger partial charge in [0.15, 0.2) is 11.5 Å². The first-order valence-corrected chi connectivity index (χ1v) is 7.77. The van der Waals surface area contributed by atoms with Crippen molar-refractivity contribution in [2.45, 2.75) is 6.92 Å². The van der Waals surface area contributed by atoms with Crippen molar-refractivity contribution in [1.82, 2.24) is 5.43 Å². The zero-order valence-electron chi connectivity index (χ0n) is 14.0. The first-order valence-electron chi connectivity index (χ1n) is 7.77. The summed E-state index contributed by atoms with van der Waals surface area (Å²) >= 11 is 0. The molecule has 1 aliphatic rings. The van der Waals surface area contributed by atoms with Crippen molar-refractivity contribution in [2.24, 2.45) is 5.10 Å². The number of hydrazone groups is 1. The molecule has 7 nitrogen and oxygen atoms in total. The van der Waals surface area contributed by atoms with Crippen molar-refractivity contribution in [3.8, 4) is 17.2 Å². The number of methoxy groups -OCH3 is 1. The Kier molecular flexibility index (Phi) is 5.03. The highest BCUT2D eigenvalue weighted by atomic mass is 16.7. The molecule has 7 heteroatoms. The molecule has 1 aliphatic heterocycles. The van der Waals surface area contributed by atoms with E-state index in [9.17, 15) is 4.79 Å². The average Bonchev–Trinajstić information content (AvgIpc) is 3.12. The van der Waals surface area contributed by atoms with Crippen LogP contribution in [0.15, 0.2) is 47.6 Å². The second-order valence-electron chi connectivity index (χ2n) is 5.38. The highest BCUT2D eigenvalue weighted by Gasteiger charge is 2.13. The third kappa shape index (κ3) is 4.20. The average molecular weight is 341 g/mol. The van der Waals surface area contributed by atoms with Crippen LogP contribution in [0.4, 0.5) is 5.69 Å². The van der Waals surface area contributed by atoms with Gasteiger partial charge in [0.25, 0.3) is 5.91 Å². The van der Waals surface area contributed by atoms with Gasteiger partial charge in [-0.2, -0.15) is 5.10 Å². The van der Waals surface area contributed by atoms with Gasteiger partial charge in [0.1, 0.15) is 5.75 Å². The monoisotopic (exact) mass is 341 g/mol. The Balaban J connectivity index is 1.51. The molecule has 3 rings (SSSR count). The van der Waals surface area contributed by atoms with Crippen LogP contribution >= 0.6 is 0 Å². The second kappa shape index (κ2) is 7.57. The number of hydrogen-bond acceptors (Lipinski definition) is 6. The van der Waals surface area contributed by atoms with Gasteiger partial charge in [-0.25, -0.2) is 5.43 Å². The van der Waals surface area contributed by atoms with Crippen LogP contribution < -0.4 is 25.0 Å². The Bertz CT molecular complexity index is 787. The number of benzene rings is 2. The number of rotatable bonds is 6. The van der Waals surface area contributed by atoms with Gasteiger partial charge in [0.05, 0.1) is 19.4 Å². The second-order valence-corrected chi connectivity index (χ2v) is 5.38. The third-order valence-corrected chi connectivity index (χ3v) is 3.68. The summed E-state index contributed by atoms with van der Waals surface area (Å²) in [5.74, 6) is 1.90. The molecule has 130 valence electrons. The number of nitrogens with one attached hydrogen (secondary N) is 2. The van der Waals surface area contributed by atoms with Gasteiger partial charge in [-0.15, -0.1) is 0 Å². The molecule has 0 aromatic heterocycles. The Hall–Kier alpha value is -3.22. The van der Waals surface area contributed by atoms with E-state index in [4.69, 9.17) is 14.2 Å². The SMILES string of the molecule is COc1ccc(/C(C)=N\NC(=O)CNc2ccc3c(c2)OCO3)cc1. The fourth-order valence-electron chi connectivity index (χ4n) is 2.27. The number of fused-ring (bicyclic) bond motifs is 1. The van der Waals surface area contributed by atoms with Gasteiger partial charge in [-0.05, 0) is 48.9 Å². The number of carbonyl (C=O) groups is 1. The van der Waals surface area contributed by atoms with Crippen LogP contribution in [-0.2, 0) is 4.79 Å². The van der Waals surface area contributed by atoms with Crippen molar-refractivity contribution in [3.63, 3.8) is 0 Å². The van der Waals surface area contributed by atoms with Gasteiger partial charge >= 0.3 is 0 Å². The maximum absolute atomic E-state index is 11.9. The molecular weight excluding hydrogens is 322 g/mol. The minimum atomic E-state index is -0.245. The smallest absolute Gasteiger partial charge is 0.259 e. The third-order valence-electron chi connectivity index (χ3n) is 3.68. The molecule has 0 bridgehead atoms. The molecule has 2 aromatic rings. The minimum absolute atomic E-state index is 0.0963.